The van der Waals surface area contributed by atoms with Crippen LogP contribution in [0.5, 0.6) is 0 Å². The second kappa shape index (κ2) is 3.27. The van der Waals surface area contributed by atoms with Gasteiger partial charge in [0.25, 0.3) is 5.84 Å². The number of hydrogen-bond donors (Lipinski definition) is 2. The Morgan fingerprint density at radius 3 is 2.00 bits per heavy atom. The van der Waals surface area contributed by atoms with E-state index >= 15 is 0 Å². The predicted octanol–water partition coefficient (Wildman–Crippen LogP) is -2.36. The summed E-state index contributed by atoms with van der Waals surface area (Å²) in [6.45, 7) is 5.59. The Morgan fingerprint density at radius 2 is 1.62 bits per heavy atom. The summed E-state index contributed by atoms with van der Waals surface area (Å²) in [5, 5.41) is 5.55. The van der Waals surface area contributed by atoms with Gasteiger partial charge in [-0.2, -0.15) is 0 Å². The van der Waals surface area contributed by atoms with Crippen LogP contribution in [0.15, 0.2) is 0 Å². The summed E-state index contributed by atoms with van der Waals surface area (Å²) in [5.41, 5.74) is 5.55. The predicted molar refractivity (Wildman–Crippen MR) is 53.7 cm³/mol. The molecule has 13 heavy (non-hydrogen) atoms. The molecular formula is C9H23N4+3. The number of nitrogens with zero attached hydrogens (tertiary/aromatic N) is 2. The van der Waals surface area contributed by atoms with Crippen LogP contribution in [0, 0.1) is 0 Å². The molecule has 4 nitrogen and oxygen atoms in total. The highest BCUT2D eigenvalue weighted by molar-refractivity contribution is 5.74. The average molecular weight is 187 g/mol. The van der Waals surface area contributed by atoms with Crippen molar-refractivity contribution in [2.45, 2.75) is 0 Å². The molecule has 4 heteroatoms. The maximum atomic E-state index is 5.55. The minimum absolute atomic E-state index is 0.565. The fourth-order valence-electron chi connectivity index (χ4n) is 1.85. The van der Waals surface area contributed by atoms with E-state index in [1.807, 2.05) is 0 Å². The summed E-state index contributed by atoms with van der Waals surface area (Å²) in [7, 11) is 6.79. The van der Waals surface area contributed by atoms with Crippen LogP contribution in [-0.2, 0) is 0 Å². The number of likely N-dealkylation sites (N-methyl/N-ethyl adjacent to an activating group) is 2. The third-order valence-corrected chi connectivity index (χ3v) is 3.05. The van der Waals surface area contributed by atoms with Crippen molar-refractivity contribution in [3.8, 4) is 0 Å². The normalized spacial score (nSPS) is 25.5. The van der Waals surface area contributed by atoms with E-state index in [2.05, 4.69) is 21.1 Å². The molecule has 0 aliphatic carbocycles. The maximum Gasteiger partial charge on any atom is 0.294 e. The molecular weight excluding hydrogens is 164 g/mol. The van der Waals surface area contributed by atoms with Crippen molar-refractivity contribution in [1.82, 2.24) is 0 Å². The van der Waals surface area contributed by atoms with E-state index in [9.17, 15) is 0 Å². The van der Waals surface area contributed by atoms with Crippen molar-refractivity contribution in [1.29, 1.82) is 0 Å². The monoisotopic (exact) mass is 187 g/mol. The van der Waals surface area contributed by atoms with Gasteiger partial charge in [-0.15, -0.1) is 0 Å². The second-order valence-electron chi connectivity index (χ2n) is 5.18. The van der Waals surface area contributed by atoms with Gasteiger partial charge < -0.3 is 8.97 Å². The molecule has 0 aromatic heterocycles. The topological polar surface area (TPSA) is 51.6 Å². The van der Waals surface area contributed by atoms with Gasteiger partial charge in [0.15, 0.2) is 6.54 Å². The molecule has 4 N–H and O–H groups in total. The summed E-state index contributed by atoms with van der Waals surface area (Å²) in [6, 6.07) is 0. The number of nitrogens with two attached hydrogens (primary N) is 2. The zero-order valence-electron chi connectivity index (χ0n) is 9.08. The van der Waals surface area contributed by atoms with Gasteiger partial charge in [-0.25, -0.2) is 0 Å². The summed E-state index contributed by atoms with van der Waals surface area (Å²) in [5.74, 6) is 0.565. The van der Waals surface area contributed by atoms with E-state index in [1.165, 1.54) is 26.2 Å². The highest BCUT2D eigenvalue weighted by Gasteiger charge is 2.35. The van der Waals surface area contributed by atoms with Gasteiger partial charge in [0.2, 0.25) is 0 Å². The molecule has 0 radical (unpaired) electrons. The second-order valence-corrected chi connectivity index (χ2v) is 5.18. The van der Waals surface area contributed by atoms with Crippen LogP contribution in [-0.4, -0.2) is 68.7 Å². The van der Waals surface area contributed by atoms with E-state index in [1.54, 1.807) is 0 Å². The van der Waals surface area contributed by atoms with Crippen LogP contribution in [0.3, 0.4) is 0 Å². The van der Waals surface area contributed by atoms with Crippen LogP contribution in [0.4, 0.5) is 0 Å². The van der Waals surface area contributed by atoms with Gasteiger partial charge in [-0.1, -0.05) is 0 Å². The van der Waals surface area contributed by atoms with E-state index in [0.29, 0.717) is 5.84 Å². The Morgan fingerprint density at radius 1 is 1.15 bits per heavy atom. The number of rotatable bonds is 2. The minimum Gasteiger partial charge on any atom is -0.319 e. The lowest BCUT2D eigenvalue weighted by molar-refractivity contribution is -1.00. The summed E-state index contributed by atoms with van der Waals surface area (Å²) < 4.78 is 2.13. The number of quaternary nitrogens is 2. The average Bonchev–Trinajstić information content (AvgIpc) is 1.95. The van der Waals surface area contributed by atoms with E-state index in [0.717, 1.165) is 15.5 Å². The molecule has 0 aromatic rings. The Balaban J connectivity index is 2.51. The molecule has 0 aromatic carbocycles. The molecule has 0 bridgehead atoms. The van der Waals surface area contributed by atoms with Crippen LogP contribution in [0.2, 0.25) is 0 Å². The van der Waals surface area contributed by atoms with E-state index in [-0.39, 0.29) is 0 Å². The molecule has 1 aliphatic heterocycles. The molecule has 0 amide bonds. The Labute approximate surface area is 80.6 Å². The molecule has 1 heterocycles. The first kappa shape index (κ1) is 10.5. The highest BCUT2D eigenvalue weighted by atomic mass is 15.4. The zero-order chi connectivity index (χ0) is 10.1. The SMILES string of the molecule is C[N+]1(C)CC[N+](C)(CC(N)=[NH2+])CC1. The van der Waals surface area contributed by atoms with Crippen molar-refractivity contribution in [3.63, 3.8) is 0 Å². The van der Waals surface area contributed by atoms with E-state index < -0.39 is 0 Å². The van der Waals surface area contributed by atoms with Crippen LogP contribution in [0.25, 0.3) is 0 Å². The molecule has 1 saturated heterocycles. The van der Waals surface area contributed by atoms with Crippen LogP contribution >= 0.6 is 0 Å². The van der Waals surface area contributed by atoms with Crippen molar-refractivity contribution in [2.24, 2.45) is 5.73 Å². The van der Waals surface area contributed by atoms with Crippen molar-refractivity contribution < 1.29 is 14.4 Å². The van der Waals surface area contributed by atoms with Crippen LogP contribution in [0.1, 0.15) is 0 Å². The van der Waals surface area contributed by atoms with Crippen LogP contribution < -0.4 is 11.1 Å². The first-order valence-corrected chi connectivity index (χ1v) is 4.85. The fourth-order valence-corrected chi connectivity index (χ4v) is 1.85. The fraction of sp³-hybridized carbons (Fsp3) is 0.889. The Hall–Kier alpha value is -0.610. The molecule has 1 fully saturated rings. The highest BCUT2D eigenvalue weighted by Crippen LogP contribution is 2.12. The molecule has 0 spiro atoms. The summed E-state index contributed by atoms with van der Waals surface area (Å²) in [6.07, 6.45) is 0. The summed E-state index contributed by atoms with van der Waals surface area (Å²) in [4.78, 5) is 0. The molecule has 1 aliphatic rings. The third-order valence-electron chi connectivity index (χ3n) is 3.05. The minimum atomic E-state index is 0.565. The lowest BCUT2D eigenvalue weighted by atomic mass is 10.2. The van der Waals surface area contributed by atoms with Crippen molar-refractivity contribution in [3.05, 3.63) is 0 Å². The lowest BCUT2D eigenvalue weighted by Crippen LogP contribution is -2.66. The molecule has 76 valence electrons. The summed E-state index contributed by atoms with van der Waals surface area (Å²) >= 11 is 0. The third kappa shape index (κ3) is 2.97. The number of hydrogen-bond acceptors (Lipinski definition) is 0. The molecule has 0 atom stereocenters. The van der Waals surface area contributed by atoms with Gasteiger partial charge in [0.1, 0.15) is 26.2 Å². The quantitative estimate of drug-likeness (QED) is 0.284. The van der Waals surface area contributed by atoms with Gasteiger partial charge in [0, 0.05) is 0 Å². The largest absolute Gasteiger partial charge is 0.319 e. The van der Waals surface area contributed by atoms with Gasteiger partial charge in [-0.3, -0.25) is 11.1 Å². The smallest absolute Gasteiger partial charge is 0.294 e. The maximum absolute atomic E-state index is 5.55. The number of piperazine rings is 1. The Bertz CT molecular complexity index is 200. The standard InChI is InChI=1S/C9H22N4/c1-12(2)4-6-13(3,7-5-12)8-9(10)11/h4-8H2,1-3H3,(H3,10,11)/q+2/p+1. The first-order chi connectivity index (χ1) is 5.83. The first-order valence-electron chi connectivity index (χ1n) is 4.85. The Kier molecular flexibility index (Phi) is 2.63. The lowest BCUT2D eigenvalue weighted by Gasteiger charge is -2.43. The zero-order valence-corrected chi connectivity index (χ0v) is 9.08. The van der Waals surface area contributed by atoms with Gasteiger partial charge in [-0.05, 0) is 0 Å². The van der Waals surface area contributed by atoms with Crippen molar-refractivity contribution >= 4 is 5.84 Å². The molecule has 0 saturated carbocycles. The van der Waals surface area contributed by atoms with Gasteiger partial charge in [0.05, 0.1) is 21.1 Å². The molecule has 1 rings (SSSR count). The van der Waals surface area contributed by atoms with Crippen molar-refractivity contribution in [2.75, 3.05) is 53.9 Å². The number of amidine groups is 1. The van der Waals surface area contributed by atoms with Gasteiger partial charge >= 0.3 is 0 Å². The molecule has 0 unspecified atom stereocenters. The van der Waals surface area contributed by atoms with E-state index in [4.69, 9.17) is 11.1 Å².